The van der Waals surface area contributed by atoms with Gasteiger partial charge in [-0.1, -0.05) is 31.2 Å². The van der Waals surface area contributed by atoms with Crippen molar-refractivity contribution in [3.63, 3.8) is 0 Å². The van der Waals surface area contributed by atoms with Gasteiger partial charge in [0.25, 0.3) is 0 Å². The molecule has 0 aliphatic heterocycles. The van der Waals surface area contributed by atoms with Crippen LogP contribution < -0.4 is 10.6 Å². The Hall–Kier alpha value is -2.62. The Bertz CT molecular complexity index is 731. The SMILES string of the molecule is CCc1ccc(CCC(=O)Nc2ccc(NC(=O)C3CC3)cc2)cc1. The summed E-state index contributed by atoms with van der Waals surface area (Å²) in [6.07, 6.45) is 4.18. The molecule has 2 N–H and O–H groups in total. The lowest BCUT2D eigenvalue weighted by Crippen LogP contribution is -2.14. The fourth-order valence-electron chi connectivity index (χ4n) is 2.65. The van der Waals surface area contributed by atoms with E-state index >= 15 is 0 Å². The van der Waals surface area contributed by atoms with Gasteiger partial charge in [-0.3, -0.25) is 9.59 Å². The molecule has 0 bridgehead atoms. The molecule has 0 atom stereocenters. The van der Waals surface area contributed by atoms with Gasteiger partial charge >= 0.3 is 0 Å². The van der Waals surface area contributed by atoms with Crippen molar-refractivity contribution in [3.8, 4) is 0 Å². The maximum atomic E-state index is 12.1. The number of aryl methyl sites for hydroxylation is 2. The van der Waals surface area contributed by atoms with Gasteiger partial charge in [0.05, 0.1) is 0 Å². The molecule has 2 amide bonds. The monoisotopic (exact) mass is 336 g/mol. The van der Waals surface area contributed by atoms with E-state index in [-0.39, 0.29) is 17.7 Å². The fraction of sp³-hybridized carbons (Fsp3) is 0.333. The highest BCUT2D eigenvalue weighted by Gasteiger charge is 2.29. The second kappa shape index (κ2) is 7.97. The van der Waals surface area contributed by atoms with E-state index in [0.717, 1.165) is 37.1 Å². The Morgan fingerprint density at radius 1 is 0.880 bits per heavy atom. The van der Waals surface area contributed by atoms with Gasteiger partial charge in [-0.05, 0) is 61.1 Å². The van der Waals surface area contributed by atoms with Crippen LogP contribution in [-0.4, -0.2) is 11.8 Å². The summed E-state index contributed by atoms with van der Waals surface area (Å²) in [5, 5.41) is 5.79. The first-order valence-electron chi connectivity index (χ1n) is 8.92. The van der Waals surface area contributed by atoms with Gasteiger partial charge in [-0.25, -0.2) is 0 Å². The van der Waals surface area contributed by atoms with Crippen LogP contribution in [0.4, 0.5) is 11.4 Å². The number of amides is 2. The van der Waals surface area contributed by atoms with Gasteiger partial charge in [0.1, 0.15) is 0 Å². The minimum Gasteiger partial charge on any atom is -0.326 e. The highest BCUT2D eigenvalue weighted by molar-refractivity contribution is 5.95. The van der Waals surface area contributed by atoms with Crippen LogP contribution in [0.25, 0.3) is 0 Å². The van der Waals surface area contributed by atoms with Crippen LogP contribution >= 0.6 is 0 Å². The van der Waals surface area contributed by atoms with Crippen LogP contribution in [0.15, 0.2) is 48.5 Å². The van der Waals surface area contributed by atoms with Crippen LogP contribution in [0.5, 0.6) is 0 Å². The minimum atomic E-state index is -0.00525. The zero-order valence-electron chi connectivity index (χ0n) is 14.5. The third-order valence-corrected chi connectivity index (χ3v) is 4.46. The molecule has 0 saturated heterocycles. The number of nitrogens with one attached hydrogen (secondary N) is 2. The molecule has 1 saturated carbocycles. The molecule has 2 aromatic rings. The van der Waals surface area contributed by atoms with E-state index in [0.29, 0.717) is 6.42 Å². The topological polar surface area (TPSA) is 58.2 Å². The first-order chi connectivity index (χ1) is 12.1. The predicted molar refractivity (Wildman–Crippen MR) is 101 cm³/mol. The van der Waals surface area contributed by atoms with Crippen molar-refractivity contribution < 1.29 is 9.59 Å². The lowest BCUT2D eigenvalue weighted by Gasteiger charge is -2.08. The predicted octanol–water partition coefficient (Wildman–Crippen LogP) is 4.17. The number of hydrogen-bond acceptors (Lipinski definition) is 2. The van der Waals surface area contributed by atoms with Gasteiger partial charge in [-0.2, -0.15) is 0 Å². The van der Waals surface area contributed by atoms with Gasteiger partial charge in [0, 0.05) is 23.7 Å². The van der Waals surface area contributed by atoms with Crippen molar-refractivity contribution in [1.82, 2.24) is 0 Å². The molecule has 1 fully saturated rings. The van der Waals surface area contributed by atoms with Gasteiger partial charge in [0.2, 0.25) is 11.8 Å². The Labute approximate surface area is 148 Å². The summed E-state index contributed by atoms with van der Waals surface area (Å²) in [5.74, 6) is 0.269. The largest absolute Gasteiger partial charge is 0.326 e. The van der Waals surface area contributed by atoms with Crippen molar-refractivity contribution in [2.45, 2.75) is 39.0 Å². The molecule has 4 heteroatoms. The Balaban J connectivity index is 1.45. The van der Waals surface area contributed by atoms with Crippen molar-refractivity contribution in [2.75, 3.05) is 10.6 Å². The van der Waals surface area contributed by atoms with E-state index in [1.165, 1.54) is 11.1 Å². The van der Waals surface area contributed by atoms with E-state index in [2.05, 4.69) is 41.8 Å². The summed E-state index contributed by atoms with van der Waals surface area (Å²) < 4.78 is 0. The minimum absolute atomic E-state index is 0.00525. The molecular formula is C21H24N2O2. The van der Waals surface area contributed by atoms with E-state index in [4.69, 9.17) is 0 Å². The number of carbonyl (C=O) groups excluding carboxylic acids is 2. The molecule has 2 aromatic carbocycles. The number of hydrogen-bond donors (Lipinski definition) is 2. The van der Waals surface area contributed by atoms with Crippen LogP contribution in [0, 0.1) is 5.92 Å². The lowest BCUT2D eigenvalue weighted by molar-refractivity contribution is -0.117. The highest BCUT2D eigenvalue weighted by atomic mass is 16.2. The summed E-state index contributed by atoms with van der Waals surface area (Å²) in [6.45, 7) is 2.13. The van der Waals surface area contributed by atoms with Gasteiger partial charge in [0.15, 0.2) is 0 Å². The molecular weight excluding hydrogens is 312 g/mol. The average Bonchev–Trinajstić information content (AvgIpc) is 3.47. The Kier molecular flexibility index (Phi) is 5.49. The summed E-state index contributed by atoms with van der Waals surface area (Å²) in [4.78, 5) is 23.8. The maximum absolute atomic E-state index is 12.1. The van der Waals surface area contributed by atoms with Crippen LogP contribution in [0.3, 0.4) is 0 Å². The second-order valence-corrected chi connectivity index (χ2v) is 6.56. The number of benzene rings is 2. The number of carbonyl (C=O) groups is 2. The van der Waals surface area contributed by atoms with Crippen molar-refractivity contribution in [3.05, 3.63) is 59.7 Å². The Morgan fingerprint density at radius 2 is 1.44 bits per heavy atom. The molecule has 25 heavy (non-hydrogen) atoms. The van der Waals surface area contributed by atoms with Crippen molar-refractivity contribution >= 4 is 23.2 Å². The zero-order chi connectivity index (χ0) is 17.6. The van der Waals surface area contributed by atoms with Gasteiger partial charge < -0.3 is 10.6 Å². The average molecular weight is 336 g/mol. The summed E-state index contributed by atoms with van der Waals surface area (Å²) in [7, 11) is 0. The van der Waals surface area contributed by atoms with E-state index in [1.807, 2.05) is 24.3 Å². The van der Waals surface area contributed by atoms with Crippen molar-refractivity contribution in [1.29, 1.82) is 0 Å². The molecule has 1 aliphatic carbocycles. The van der Waals surface area contributed by atoms with E-state index in [9.17, 15) is 9.59 Å². The summed E-state index contributed by atoms with van der Waals surface area (Å²) in [5.41, 5.74) is 3.99. The van der Waals surface area contributed by atoms with Crippen LogP contribution in [0.2, 0.25) is 0 Å². The van der Waals surface area contributed by atoms with Crippen molar-refractivity contribution in [2.24, 2.45) is 5.92 Å². The normalized spacial score (nSPS) is 13.3. The molecule has 0 unspecified atom stereocenters. The van der Waals surface area contributed by atoms with Crippen LogP contribution in [-0.2, 0) is 22.4 Å². The molecule has 0 heterocycles. The smallest absolute Gasteiger partial charge is 0.227 e. The second-order valence-electron chi connectivity index (χ2n) is 6.56. The summed E-state index contributed by atoms with van der Waals surface area (Å²) in [6, 6.07) is 15.7. The standard InChI is InChI=1S/C21H24N2O2/c1-2-15-3-5-16(6-4-15)7-14-20(24)22-18-10-12-19(13-11-18)23-21(25)17-8-9-17/h3-6,10-13,17H,2,7-9,14H2,1H3,(H,22,24)(H,23,25). The zero-order valence-corrected chi connectivity index (χ0v) is 14.5. The fourth-order valence-corrected chi connectivity index (χ4v) is 2.65. The molecule has 4 nitrogen and oxygen atoms in total. The summed E-state index contributed by atoms with van der Waals surface area (Å²) >= 11 is 0. The van der Waals surface area contributed by atoms with Gasteiger partial charge in [-0.15, -0.1) is 0 Å². The maximum Gasteiger partial charge on any atom is 0.227 e. The molecule has 0 aromatic heterocycles. The highest BCUT2D eigenvalue weighted by Crippen LogP contribution is 2.30. The third-order valence-electron chi connectivity index (χ3n) is 4.46. The van der Waals surface area contributed by atoms with Crippen LogP contribution in [0.1, 0.15) is 37.3 Å². The first-order valence-corrected chi connectivity index (χ1v) is 8.92. The molecule has 3 rings (SSSR count). The molecule has 130 valence electrons. The van der Waals surface area contributed by atoms with E-state index < -0.39 is 0 Å². The first kappa shape index (κ1) is 17.2. The molecule has 0 radical (unpaired) electrons. The molecule has 0 spiro atoms. The number of anilines is 2. The quantitative estimate of drug-likeness (QED) is 0.797. The lowest BCUT2D eigenvalue weighted by atomic mass is 10.1. The third kappa shape index (κ3) is 5.18. The number of rotatable bonds is 7. The molecule has 1 aliphatic rings. The van der Waals surface area contributed by atoms with E-state index in [1.54, 1.807) is 0 Å². The Morgan fingerprint density at radius 3 is 2.00 bits per heavy atom.